The molecule has 1 aromatic rings. The normalized spacial score (nSPS) is 15.8. The van der Waals surface area contributed by atoms with E-state index in [4.69, 9.17) is 0 Å². The molecule has 1 atom stereocenters. The molecule has 1 unspecified atom stereocenters. The van der Waals surface area contributed by atoms with Gasteiger partial charge in [0.05, 0.1) is 5.56 Å². The first kappa shape index (κ1) is 19.8. The Morgan fingerprint density at radius 1 is 1.28 bits per heavy atom. The van der Waals surface area contributed by atoms with Crippen molar-refractivity contribution < 1.29 is 9.59 Å². The van der Waals surface area contributed by atoms with Gasteiger partial charge in [-0.05, 0) is 45.2 Å². The molecule has 0 heterocycles. The lowest BCUT2D eigenvalue weighted by molar-refractivity contribution is -0.121. The van der Waals surface area contributed by atoms with E-state index in [1.165, 1.54) is 25.7 Å². The zero-order valence-electron chi connectivity index (χ0n) is 15.6. The molecule has 0 bridgehead atoms. The number of aryl methyl sites for hydroxylation is 1. The Morgan fingerprint density at radius 3 is 2.68 bits per heavy atom. The summed E-state index contributed by atoms with van der Waals surface area (Å²) in [6, 6.07) is 6.25. The van der Waals surface area contributed by atoms with E-state index in [9.17, 15) is 9.59 Å². The van der Waals surface area contributed by atoms with Crippen LogP contribution in [0.2, 0.25) is 0 Å². The third kappa shape index (κ3) is 6.38. The van der Waals surface area contributed by atoms with Crippen LogP contribution in [0.25, 0.3) is 0 Å². The minimum Gasteiger partial charge on any atom is -0.354 e. The van der Waals surface area contributed by atoms with Gasteiger partial charge in [0.15, 0.2) is 0 Å². The molecule has 1 fully saturated rings. The second-order valence-corrected chi connectivity index (χ2v) is 8.25. The van der Waals surface area contributed by atoms with E-state index in [0.29, 0.717) is 18.2 Å². The molecule has 0 aromatic heterocycles. The van der Waals surface area contributed by atoms with Crippen LogP contribution < -0.4 is 10.6 Å². The molecule has 5 heteroatoms. The maximum absolute atomic E-state index is 12.6. The van der Waals surface area contributed by atoms with Gasteiger partial charge in [0.25, 0.3) is 5.91 Å². The topological polar surface area (TPSA) is 58.2 Å². The van der Waals surface area contributed by atoms with Gasteiger partial charge in [-0.25, -0.2) is 0 Å². The Hall–Kier alpha value is -1.49. The Bertz CT molecular complexity index is 597. The Balaban J connectivity index is 1.91. The van der Waals surface area contributed by atoms with E-state index in [0.717, 1.165) is 22.4 Å². The van der Waals surface area contributed by atoms with Gasteiger partial charge in [0.2, 0.25) is 5.91 Å². The first-order valence-electron chi connectivity index (χ1n) is 9.34. The highest BCUT2D eigenvalue weighted by Crippen LogP contribution is 2.36. The van der Waals surface area contributed by atoms with Crippen LogP contribution >= 0.6 is 11.8 Å². The quantitative estimate of drug-likeness (QED) is 0.733. The second-order valence-electron chi connectivity index (χ2n) is 6.91. The average Bonchev–Trinajstić information content (AvgIpc) is 3.09. The highest BCUT2D eigenvalue weighted by Gasteiger charge is 2.20. The van der Waals surface area contributed by atoms with Crippen molar-refractivity contribution in [3.8, 4) is 0 Å². The van der Waals surface area contributed by atoms with Gasteiger partial charge in [0, 0.05) is 29.2 Å². The van der Waals surface area contributed by atoms with Crippen LogP contribution in [0.1, 0.15) is 68.3 Å². The fourth-order valence-electron chi connectivity index (χ4n) is 2.94. The Kier molecular flexibility index (Phi) is 7.82. The van der Waals surface area contributed by atoms with Gasteiger partial charge in [0.1, 0.15) is 0 Å². The van der Waals surface area contributed by atoms with Crippen molar-refractivity contribution in [2.75, 3.05) is 6.54 Å². The third-order valence-electron chi connectivity index (χ3n) is 4.63. The van der Waals surface area contributed by atoms with E-state index >= 15 is 0 Å². The number of hydrogen-bond acceptors (Lipinski definition) is 3. The summed E-state index contributed by atoms with van der Waals surface area (Å²) in [6.45, 7) is 6.38. The number of thioether (sulfide) groups is 1. The number of nitrogens with one attached hydrogen (secondary N) is 2. The second kappa shape index (κ2) is 9.85. The third-order valence-corrected chi connectivity index (χ3v) is 6.05. The molecule has 2 rings (SSSR count). The Morgan fingerprint density at radius 2 is 2.00 bits per heavy atom. The van der Waals surface area contributed by atoms with E-state index in [-0.39, 0.29) is 17.9 Å². The molecule has 25 heavy (non-hydrogen) atoms. The van der Waals surface area contributed by atoms with Crippen molar-refractivity contribution in [3.05, 3.63) is 29.3 Å². The van der Waals surface area contributed by atoms with Crippen LogP contribution in [0, 0.1) is 6.92 Å². The summed E-state index contributed by atoms with van der Waals surface area (Å²) in [6.07, 6.45) is 6.26. The number of benzene rings is 1. The highest BCUT2D eigenvalue weighted by molar-refractivity contribution is 8.00. The number of rotatable bonds is 8. The number of amides is 2. The zero-order valence-corrected chi connectivity index (χ0v) is 16.4. The Labute approximate surface area is 155 Å². The molecule has 1 saturated carbocycles. The zero-order chi connectivity index (χ0) is 18.2. The van der Waals surface area contributed by atoms with Crippen molar-refractivity contribution in [1.29, 1.82) is 0 Å². The van der Waals surface area contributed by atoms with Crippen molar-refractivity contribution in [1.82, 2.24) is 10.6 Å². The molecular formula is C20H30N2O2S. The monoisotopic (exact) mass is 362 g/mol. The van der Waals surface area contributed by atoms with E-state index in [1.807, 2.05) is 38.6 Å². The molecule has 2 N–H and O–H groups in total. The maximum atomic E-state index is 12.6. The predicted octanol–water partition coefficient (Wildman–Crippen LogP) is 4.06. The summed E-state index contributed by atoms with van der Waals surface area (Å²) in [7, 11) is 0. The summed E-state index contributed by atoms with van der Waals surface area (Å²) >= 11 is 1.83. The van der Waals surface area contributed by atoms with E-state index in [1.54, 1.807) is 0 Å². The molecule has 1 aliphatic rings. The summed E-state index contributed by atoms with van der Waals surface area (Å²) < 4.78 is 0. The molecule has 1 aliphatic carbocycles. The fraction of sp³-hybridized carbons (Fsp3) is 0.600. The molecule has 0 radical (unpaired) electrons. The fourth-order valence-corrected chi connectivity index (χ4v) is 4.30. The van der Waals surface area contributed by atoms with Gasteiger partial charge in [-0.2, -0.15) is 0 Å². The summed E-state index contributed by atoms with van der Waals surface area (Å²) in [5.41, 5.74) is 1.81. The van der Waals surface area contributed by atoms with Crippen molar-refractivity contribution in [3.63, 3.8) is 0 Å². The lowest BCUT2D eigenvalue weighted by atomic mass is 10.1. The minimum atomic E-state index is -0.0828. The standard InChI is InChI=1S/C20H30N2O2S/c1-4-15(3)22-19(23)11-12-21-20(24)17-13-14(2)9-10-18(17)25-16-7-5-6-8-16/h9-10,13,15-16H,4-8,11-12H2,1-3H3,(H,21,24)(H,22,23). The average molecular weight is 363 g/mol. The van der Waals surface area contributed by atoms with Crippen LogP contribution in [0.15, 0.2) is 23.1 Å². The van der Waals surface area contributed by atoms with Crippen LogP contribution in [-0.2, 0) is 4.79 Å². The minimum absolute atomic E-state index is 0.0144. The highest BCUT2D eigenvalue weighted by atomic mass is 32.2. The predicted molar refractivity (Wildman–Crippen MR) is 104 cm³/mol. The SMILES string of the molecule is CCC(C)NC(=O)CCNC(=O)c1cc(C)ccc1SC1CCCC1. The summed E-state index contributed by atoms with van der Waals surface area (Å²) in [5.74, 6) is -0.0972. The van der Waals surface area contributed by atoms with Crippen LogP contribution in [-0.4, -0.2) is 29.7 Å². The smallest absolute Gasteiger partial charge is 0.252 e. The van der Waals surface area contributed by atoms with Gasteiger partial charge in [-0.15, -0.1) is 11.8 Å². The van der Waals surface area contributed by atoms with Crippen LogP contribution in [0.5, 0.6) is 0 Å². The molecule has 1 aromatic carbocycles. The van der Waals surface area contributed by atoms with Gasteiger partial charge in [-0.3, -0.25) is 9.59 Å². The lowest BCUT2D eigenvalue weighted by Gasteiger charge is -2.15. The van der Waals surface area contributed by atoms with Crippen molar-refractivity contribution in [2.45, 2.75) is 75.5 Å². The molecule has 0 saturated heterocycles. The van der Waals surface area contributed by atoms with Gasteiger partial charge >= 0.3 is 0 Å². The number of carbonyl (C=O) groups excluding carboxylic acids is 2. The largest absolute Gasteiger partial charge is 0.354 e. The van der Waals surface area contributed by atoms with Gasteiger partial charge in [-0.1, -0.05) is 31.4 Å². The number of hydrogen-bond donors (Lipinski definition) is 2. The maximum Gasteiger partial charge on any atom is 0.252 e. The molecule has 0 aliphatic heterocycles. The lowest BCUT2D eigenvalue weighted by Crippen LogP contribution is -2.35. The summed E-state index contributed by atoms with van der Waals surface area (Å²) in [5, 5.41) is 6.44. The molecule has 138 valence electrons. The molecular weight excluding hydrogens is 332 g/mol. The van der Waals surface area contributed by atoms with E-state index in [2.05, 4.69) is 22.8 Å². The van der Waals surface area contributed by atoms with Crippen LogP contribution in [0.4, 0.5) is 0 Å². The first-order valence-corrected chi connectivity index (χ1v) is 10.2. The van der Waals surface area contributed by atoms with Crippen molar-refractivity contribution >= 4 is 23.6 Å². The van der Waals surface area contributed by atoms with Crippen molar-refractivity contribution in [2.24, 2.45) is 0 Å². The van der Waals surface area contributed by atoms with Crippen LogP contribution in [0.3, 0.4) is 0 Å². The number of carbonyl (C=O) groups is 2. The molecule has 4 nitrogen and oxygen atoms in total. The van der Waals surface area contributed by atoms with Gasteiger partial charge < -0.3 is 10.6 Å². The first-order chi connectivity index (χ1) is 12.0. The molecule has 0 spiro atoms. The summed E-state index contributed by atoms with van der Waals surface area (Å²) in [4.78, 5) is 25.5. The molecule has 2 amide bonds. The van der Waals surface area contributed by atoms with E-state index < -0.39 is 0 Å².